The number of likely N-dealkylation sites (tertiary alicyclic amines) is 1. The number of nitrogens with zero attached hydrogens (tertiary/aromatic N) is 2. The van der Waals surface area contributed by atoms with Gasteiger partial charge in [-0.3, -0.25) is 9.78 Å². The van der Waals surface area contributed by atoms with Gasteiger partial charge in [0.1, 0.15) is 0 Å². The molecule has 5 heteroatoms. The molecule has 0 aromatic carbocycles. The highest BCUT2D eigenvalue weighted by molar-refractivity contribution is 9.10. The fourth-order valence-corrected chi connectivity index (χ4v) is 2.62. The second-order valence-corrected chi connectivity index (χ2v) is 5.65. The lowest BCUT2D eigenvalue weighted by molar-refractivity contribution is 0.0928. The maximum atomic E-state index is 12.0. The minimum atomic E-state index is -0.0530. The summed E-state index contributed by atoms with van der Waals surface area (Å²) in [4.78, 5) is 18.3. The van der Waals surface area contributed by atoms with Gasteiger partial charge in [-0.2, -0.15) is 0 Å². The van der Waals surface area contributed by atoms with Gasteiger partial charge in [0.2, 0.25) is 0 Å². The van der Waals surface area contributed by atoms with Crippen molar-refractivity contribution in [2.45, 2.75) is 25.3 Å². The number of amides is 1. The number of piperidine rings is 1. The van der Waals surface area contributed by atoms with Gasteiger partial charge in [0, 0.05) is 29.5 Å². The van der Waals surface area contributed by atoms with E-state index in [1.54, 1.807) is 18.5 Å². The third-order valence-corrected chi connectivity index (χ3v) is 3.82. The molecule has 0 aliphatic carbocycles. The molecule has 1 unspecified atom stereocenters. The van der Waals surface area contributed by atoms with E-state index in [1.807, 2.05) is 0 Å². The fourth-order valence-electron chi connectivity index (χ4n) is 2.25. The number of halogens is 1. The molecule has 0 spiro atoms. The van der Waals surface area contributed by atoms with Gasteiger partial charge in [-0.15, -0.1) is 0 Å². The van der Waals surface area contributed by atoms with Crippen molar-refractivity contribution in [1.29, 1.82) is 0 Å². The first-order valence-electron chi connectivity index (χ1n) is 6.26. The van der Waals surface area contributed by atoms with Crippen LogP contribution in [0.4, 0.5) is 0 Å². The van der Waals surface area contributed by atoms with Crippen molar-refractivity contribution in [3.8, 4) is 0 Å². The zero-order valence-electron chi connectivity index (χ0n) is 10.5. The van der Waals surface area contributed by atoms with E-state index in [0.717, 1.165) is 17.4 Å². The molecule has 98 valence electrons. The standard InChI is InChI=1S/C13H18BrN3O/c1-17-5-3-2-4-12(17)9-16-13(18)10-6-11(14)8-15-7-10/h6-8,12H,2-5,9H2,1H3,(H,16,18). The molecule has 1 N–H and O–H groups in total. The molecule has 1 fully saturated rings. The Morgan fingerprint density at radius 1 is 1.56 bits per heavy atom. The van der Waals surface area contributed by atoms with Crippen molar-refractivity contribution >= 4 is 21.8 Å². The van der Waals surface area contributed by atoms with Crippen LogP contribution in [0.1, 0.15) is 29.6 Å². The van der Waals surface area contributed by atoms with E-state index < -0.39 is 0 Å². The van der Waals surface area contributed by atoms with Crippen LogP contribution in [0, 0.1) is 0 Å². The monoisotopic (exact) mass is 311 g/mol. The van der Waals surface area contributed by atoms with E-state index in [1.165, 1.54) is 12.8 Å². The predicted octanol–water partition coefficient (Wildman–Crippen LogP) is 2.06. The summed E-state index contributed by atoms with van der Waals surface area (Å²) in [5.41, 5.74) is 0.600. The van der Waals surface area contributed by atoms with Crippen molar-refractivity contribution in [1.82, 2.24) is 15.2 Å². The van der Waals surface area contributed by atoms with E-state index in [9.17, 15) is 4.79 Å². The van der Waals surface area contributed by atoms with Gasteiger partial charge in [0.15, 0.2) is 0 Å². The van der Waals surface area contributed by atoms with Crippen LogP contribution in [0.2, 0.25) is 0 Å². The highest BCUT2D eigenvalue weighted by Crippen LogP contribution is 2.14. The van der Waals surface area contributed by atoms with Crippen molar-refractivity contribution in [2.24, 2.45) is 0 Å². The molecular formula is C13H18BrN3O. The van der Waals surface area contributed by atoms with Gasteiger partial charge in [0.05, 0.1) is 5.56 Å². The molecule has 0 saturated carbocycles. The summed E-state index contributed by atoms with van der Waals surface area (Å²) in [6.45, 7) is 1.83. The number of likely N-dealkylation sites (N-methyl/N-ethyl adjacent to an activating group) is 1. The molecule has 18 heavy (non-hydrogen) atoms. The molecule has 1 aromatic rings. The Balaban J connectivity index is 1.88. The third kappa shape index (κ3) is 3.53. The average molecular weight is 312 g/mol. The summed E-state index contributed by atoms with van der Waals surface area (Å²) in [5, 5.41) is 2.98. The number of rotatable bonds is 3. The summed E-state index contributed by atoms with van der Waals surface area (Å²) in [5.74, 6) is -0.0530. The Morgan fingerprint density at radius 3 is 3.11 bits per heavy atom. The van der Waals surface area contributed by atoms with E-state index >= 15 is 0 Å². The lowest BCUT2D eigenvalue weighted by Gasteiger charge is -2.32. The zero-order valence-corrected chi connectivity index (χ0v) is 12.1. The van der Waals surface area contributed by atoms with Gasteiger partial charge < -0.3 is 10.2 Å². The maximum absolute atomic E-state index is 12.0. The number of hydrogen-bond acceptors (Lipinski definition) is 3. The summed E-state index contributed by atoms with van der Waals surface area (Å²) in [7, 11) is 2.12. The van der Waals surface area contributed by atoms with Gasteiger partial charge in [0.25, 0.3) is 5.91 Å². The normalized spacial score (nSPS) is 20.7. The Morgan fingerprint density at radius 2 is 2.39 bits per heavy atom. The minimum Gasteiger partial charge on any atom is -0.350 e. The van der Waals surface area contributed by atoms with Gasteiger partial charge in [-0.1, -0.05) is 6.42 Å². The smallest absolute Gasteiger partial charge is 0.252 e. The van der Waals surface area contributed by atoms with Crippen LogP contribution < -0.4 is 5.32 Å². The molecular weight excluding hydrogens is 294 g/mol. The molecule has 1 atom stereocenters. The van der Waals surface area contributed by atoms with Crippen LogP contribution in [0.15, 0.2) is 22.9 Å². The zero-order chi connectivity index (χ0) is 13.0. The highest BCUT2D eigenvalue weighted by Gasteiger charge is 2.19. The van der Waals surface area contributed by atoms with Crippen molar-refractivity contribution in [3.63, 3.8) is 0 Å². The molecule has 0 bridgehead atoms. The first-order chi connectivity index (χ1) is 8.66. The Hall–Kier alpha value is -0.940. The third-order valence-electron chi connectivity index (χ3n) is 3.39. The van der Waals surface area contributed by atoms with E-state index in [2.05, 4.69) is 38.2 Å². The average Bonchev–Trinajstić information content (AvgIpc) is 2.37. The molecule has 2 heterocycles. The number of aromatic nitrogens is 1. The highest BCUT2D eigenvalue weighted by atomic mass is 79.9. The molecule has 1 saturated heterocycles. The topological polar surface area (TPSA) is 45.2 Å². The van der Waals surface area contributed by atoms with Crippen molar-refractivity contribution in [2.75, 3.05) is 20.1 Å². The first kappa shape index (κ1) is 13.5. The molecule has 1 aromatic heterocycles. The van der Waals surface area contributed by atoms with Crippen LogP contribution in [0.5, 0.6) is 0 Å². The number of hydrogen-bond donors (Lipinski definition) is 1. The van der Waals surface area contributed by atoms with E-state index in [4.69, 9.17) is 0 Å². The number of pyridine rings is 1. The van der Waals surface area contributed by atoms with Crippen LogP contribution in [-0.2, 0) is 0 Å². The van der Waals surface area contributed by atoms with E-state index in [-0.39, 0.29) is 5.91 Å². The lowest BCUT2D eigenvalue weighted by atomic mass is 10.0. The molecule has 1 aliphatic heterocycles. The Bertz CT molecular complexity index is 424. The number of carbonyl (C=O) groups is 1. The Kier molecular flexibility index (Phi) is 4.72. The van der Waals surface area contributed by atoms with Gasteiger partial charge in [-0.05, 0) is 48.4 Å². The predicted molar refractivity (Wildman–Crippen MR) is 74.5 cm³/mol. The molecule has 4 nitrogen and oxygen atoms in total. The van der Waals surface area contributed by atoms with Gasteiger partial charge >= 0.3 is 0 Å². The maximum Gasteiger partial charge on any atom is 0.252 e. The van der Waals surface area contributed by atoms with Gasteiger partial charge in [-0.25, -0.2) is 0 Å². The quantitative estimate of drug-likeness (QED) is 0.929. The molecule has 2 rings (SSSR count). The molecule has 1 amide bonds. The molecule has 0 radical (unpaired) electrons. The first-order valence-corrected chi connectivity index (χ1v) is 7.05. The SMILES string of the molecule is CN1CCCCC1CNC(=O)c1cncc(Br)c1. The minimum absolute atomic E-state index is 0.0530. The lowest BCUT2D eigenvalue weighted by Crippen LogP contribution is -2.44. The molecule has 1 aliphatic rings. The van der Waals surface area contributed by atoms with Crippen LogP contribution in [-0.4, -0.2) is 42.0 Å². The summed E-state index contributed by atoms with van der Waals surface area (Å²) in [6.07, 6.45) is 6.93. The van der Waals surface area contributed by atoms with Crippen LogP contribution in [0.25, 0.3) is 0 Å². The summed E-state index contributed by atoms with van der Waals surface area (Å²) >= 11 is 3.32. The van der Waals surface area contributed by atoms with Crippen molar-refractivity contribution in [3.05, 3.63) is 28.5 Å². The Labute approximate surface area is 116 Å². The van der Waals surface area contributed by atoms with Crippen LogP contribution in [0.3, 0.4) is 0 Å². The number of nitrogens with one attached hydrogen (secondary N) is 1. The van der Waals surface area contributed by atoms with Crippen LogP contribution >= 0.6 is 15.9 Å². The summed E-state index contributed by atoms with van der Waals surface area (Å²) < 4.78 is 0.824. The second kappa shape index (κ2) is 6.29. The fraction of sp³-hybridized carbons (Fsp3) is 0.538. The largest absolute Gasteiger partial charge is 0.350 e. The number of carbonyl (C=O) groups excluding carboxylic acids is 1. The second-order valence-electron chi connectivity index (χ2n) is 4.73. The van der Waals surface area contributed by atoms with Crippen molar-refractivity contribution < 1.29 is 4.79 Å². The van der Waals surface area contributed by atoms with E-state index in [0.29, 0.717) is 18.2 Å². The summed E-state index contributed by atoms with van der Waals surface area (Å²) in [6, 6.07) is 2.25.